The SMILES string of the molecule is Nc1ncccc1C(=O)NCc1ccc(Oc2cccc(F)c2)cc1. The topological polar surface area (TPSA) is 77.2 Å². The Morgan fingerprint density at radius 2 is 1.88 bits per heavy atom. The third-order valence-electron chi connectivity index (χ3n) is 3.49. The Kier molecular flexibility index (Phi) is 4.89. The van der Waals surface area contributed by atoms with Gasteiger partial charge in [0.25, 0.3) is 5.91 Å². The van der Waals surface area contributed by atoms with Crippen molar-refractivity contribution in [1.82, 2.24) is 10.3 Å². The van der Waals surface area contributed by atoms with Gasteiger partial charge in [-0.15, -0.1) is 0 Å². The zero-order chi connectivity index (χ0) is 17.6. The van der Waals surface area contributed by atoms with E-state index >= 15 is 0 Å². The molecule has 2 aromatic carbocycles. The molecule has 0 unspecified atom stereocenters. The second kappa shape index (κ2) is 7.44. The molecule has 126 valence electrons. The average Bonchev–Trinajstić information content (AvgIpc) is 2.61. The number of nitrogens with two attached hydrogens (primary N) is 1. The van der Waals surface area contributed by atoms with E-state index < -0.39 is 0 Å². The Labute approximate surface area is 144 Å². The zero-order valence-electron chi connectivity index (χ0n) is 13.3. The monoisotopic (exact) mass is 337 g/mol. The van der Waals surface area contributed by atoms with Crippen LogP contribution in [0, 0.1) is 5.82 Å². The number of carbonyl (C=O) groups is 1. The fourth-order valence-corrected chi connectivity index (χ4v) is 2.23. The summed E-state index contributed by atoms with van der Waals surface area (Å²) in [6.45, 7) is 0.341. The van der Waals surface area contributed by atoms with Crippen molar-refractivity contribution in [2.24, 2.45) is 0 Å². The van der Waals surface area contributed by atoms with Gasteiger partial charge in [0.1, 0.15) is 23.1 Å². The van der Waals surface area contributed by atoms with Crippen molar-refractivity contribution < 1.29 is 13.9 Å². The van der Waals surface area contributed by atoms with Gasteiger partial charge in [0.05, 0.1) is 5.56 Å². The molecule has 1 amide bonds. The number of anilines is 1. The van der Waals surface area contributed by atoms with Crippen LogP contribution in [0.25, 0.3) is 0 Å². The quantitative estimate of drug-likeness (QED) is 0.747. The van der Waals surface area contributed by atoms with Crippen LogP contribution in [0.5, 0.6) is 11.5 Å². The van der Waals surface area contributed by atoms with Gasteiger partial charge in [-0.2, -0.15) is 0 Å². The lowest BCUT2D eigenvalue weighted by atomic mass is 10.2. The van der Waals surface area contributed by atoms with Crippen LogP contribution in [0.2, 0.25) is 0 Å². The smallest absolute Gasteiger partial charge is 0.255 e. The molecule has 0 aliphatic carbocycles. The number of hydrogen-bond acceptors (Lipinski definition) is 4. The Morgan fingerprint density at radius 3 is 2.60 bits per heavy atom. The summed E-state index contributed by atoms with van der Waals surface area (Å²) in [4.78, 5) is 16.0. The molecular weight excluding hydrogens is 321 g/mol. The van der Waals surface area contributed by atoms with Crippen molar-refractivity contribution in [3.8, 4) is 11.5 Å². The maximum Gasteiger partial charge on any atom is 0.255 e. The van der Waals surface area contributed by atoms with E-state index in [1.807, 2.05) is 12.1 Å². The van der Waals surface area contributed by atoms with E-state index in [9.17, 15) is 9.18 Å². The van der Waals surface area contributed by atoms with Gasteiger partial charge < -0.3 is 15.8 Å². The molecule has 1 aromatic heterocycles. The van der Waals surface area contributed by atoms with Crippen LogP contribution in [0.15, 0.2) is 66.9 Å². The van der Waals surface area contributed by atoms with Crippen molar-refractivity contribution in [2.45, 2.75) is 6.54 Å². The van der Waals surface area contributed by atoms with Crippen molar-refractivity contribution in [1.29, 1.82) is 0 Å². The van der Waals surface area contributed by atoms with Crippen LogP contribution in [0.1, 0.15) is 15.9 Å². The highest BCUT2D eigenvalue weighted by Gasteiger charge is 2.09. The molecule has 0 saturated carbocycles. The number of nitrogens with zero attached hydrogens (tertiary/aromatic N) is 1. The Bertz CT molecular complexity index is 882. The van der Waals surface area contributed by atoms with Crippen LogP contribution in [-0.4, -0.2) is 10.9 Å². The number of benzene rings is 2. The fourth-order valence-electron chi connectivity index (χ4n) is 2.23. The molecule has 0 bridgehead atoms. The molecule has 0 aliphatic rings. The van der Waals surface area contributed by atoms with Gasteiger partial charge in [0, 0.05) is 18.8 Å². The van der Waals surface area contributed by atoms with Gasteiger partial charge in [0.2, 0.25) is 0 Å². The van der Waals surface area contributed by atoms with E-state index in [4.69, 9.17) is 10.5 Å². The van der Waals surface area contributed by atoms with Gasteiger partial charge in [-0.25, -0.2) is 9.37 Å². The second-order valence-electron chi connectivity index (χ2n) is 5.32. The fraction of sp³-hybridized carbons (Fsp3) is 0.0526. The van der Waals surface area contributed by atoms with Crippen LogP contribution >= 0.6 is 0 Å². The number of hydrogen-bond donors (Lipinski definition) is 2. The number of rotatable bonds is 5. The van der Waals surface area contributed by atoms with E-state index in [2.05, 4.69) is 10.3 Å². The van der Waals surface area contributed by atoms with Crippen molar-refractivity contribution in [2.75, 3.05) is 5.73 Å². The summed E-state index contributed by atoms with van der Waals surface area (Å²) in [6.07, 6.45) is 1.53. The first-order valence-corrected chi connectivity index (χ1v) is 7.63. The van der Waals surface area contributed by atoms with Crippen molar-refractivity contribution >= 4 is 11.7 Å². The lowest BCUT2D eigenvalue weighted by molar-refractivity contribution is 0.0951. The van der Waals surface area contributed by atoms with E-state index in [1.165, 1.54) is 18.3 Å². The minimum Gasteiger partial charge on any atom is -0.457 e. The highest BCUT2D eigenvalue weighted by Crippen LogP contribution is 2.22. The average molecular weight is 337 g/mol. The third kappa shape index (κ3) is 4.32. The van der Waals surface area contributed by atoms with E-state index in [-0.39, 0.29) is 17.5 Å². The molecule has 0 radical (unpaired) electrons. The van der Waals surface area contributed by atoms with Crippen molar-refractivity contribution in [3.05, 3.63) is 83.8 Å². The molecule has 0 atom stereocenters. The predicted molar refractivity (Wildman–Crippen MR) is 92.7 cm³/mol. The molecule has 3 rings (SSSR count). The molecule has 5 nitrogen and oxygen atoms in total. The largest absolute Gasteiger partial charge is 0.457 e. The predicted octanol–water partition coefficient (Wildman–Crippen LogP) is 3.53. The number of amides is 1. The third-order valence-corrected chi connectivity index (χ3v) is 3.49. The molecule has 1 heterocycles. The maximum absolute atomic E-state index is 13.1. The highest BCUT2D eigenvalue weighted by molar-refractivity contribution is 5.98. The van der Waals surface area contributed by atoms with Crippen LogP contribution in [-0.2, 0) is 6.54 Å². The molecule has 3 aromatic rings. The van der Waals surface area contributed by atoms with E-state index in [1.54, 1.807) is 36.4 Å². The number of ether oxygens (including phenoxy) is 1. The van der Waals surface area contributed by atoms with Crippen LogP contribution in [0.3, 0.4) is 0 Å². The van der Waals surface area contributed by atoms with Gasteiger partial charge >= 0.3 is 0 Å². The summed E-state index contributed by atoms with van der Waals surface area (Å²) in [5, 5.41) is 2.78. The summed E-state index contributed by atoms with van der Waals surface area (Å²) in [5.74, 6) is 0.557. The molecule has 3 N–H and O–H groups in total. The molecule has 0 fully saturated rings. The summed E-state index contributed by atoms with van der Waals surface area (Å²) in [6, 6.07) is 16.4. The summed E-state index contributed by atoms with van der Waals surface area (Å²) in [7, 11) is 0. The molecule has 0 spiro atoms. The Morgan fingerprint density at radius 1 is 1.08 bits per heavy atom. The first-order valence-electron chi connectivity index (χ1n) is 7.63. The molecule has 0 saturated heterocycles. The van der Waals surface area contributed by atoms with Gasteiger partial charge in [-0.05, 0) is 42.0 Å². The van der Waals surface area contributed by atoms with Gasteiger partial charge in [0.15, 0.2) is 0 Å². The zero-order valence-corrected chi connectivity index (χ0v) is 13.3. The minimum atomic E-state index is -0.355. The molecule has 6 heteroatoms. The first-order chi connectivity index (χ1) is 12.1. The van der Waals surface area contributed by atoms with E-state index in [0.29, 0.717) is 23.6 Å². The first kappa shape index (κ1) is 16.4. The van der Waals surface area contributed by atoms with Gasteiger partial charge in [-0.3, -0.25) is 4.79 Å². The lowest BCUT2D eigenvalue weighted by Crippen LogP contribution is -2.24. The number of aromatic nitrogens is 1. The Hall–Kier alpha value is -3.41. The summed E-state index contributed by atoms with van der Waals surface area (Å²) < 4.78 is 18.7. The number of carbonyl (C=O) groups excluding carboxylic acids is 1. The second-order valence-corrected chi connectivity index (χ2v) is 5.32. The lowest BCUT2D eigenvalue weighted by Gasteiger charge is -2.09. The maximum atomic E-state index is 13.1. The normalized spacial score (nSPS) is 10.3. The Balaban J connectivity index is 1.59. The highest BCUT2D eigenvalue weighted by atomic mass is 19.1. The minimum absolute atomic E-state index is 0.193. The number of nitrogen functional groups attached to an aromatic ring is 1. The number of nitrogens with one attached hydrogen (secondary N) is 1. The summed E-state index contributed by atoms with van der Waals surface area (Å²) in [5.41, 5.74) is 6.91. The molecule has 0 aliphatic heterocycles. The van der Waals surface area contributed by atoms with Crippen molar-refractivity contribution in [3.63, 3.8) is 0 Å². The molecular formula is C19H16FN3O2. The summed E-state index contributed by atoms with van der Waals surface area (Å²) >= 11 is 0. The van der Waals surface area contributed by atoms with Crippen LogP contribution in [0.4, 0.5) is 10.2 Å². The number of pyridine rings is 1. The standard InChI is InChI=1S/C19H16FN3O2/c20-14-3-1-4-16(11-14)25-15-8-6-13(7-9-15)12-23-19(24)17-5-2-10-22-18(17)21/h1-11H,12H2,(H2,21,22)(H,23,24). The van der Waals surface area contributed by atoms with E-state index in [0.717, 1.165) is 5.56 Å². The number of halogens is 1. The van der Waals surface area contributed by atoms with Gasteiger partial charge in [-0.1, -0.05) is 18.2 Å². The molecule has 25 heavy (non-hydrogen) atoms. The van der Waals surface area contributed by atoms with Crippen LogP contribution < -0.4 is 15.8 Å².